The van der Waals surface area contributed by atoms with Crippen molar-refractivity contribution in [2.24, 2.45) is 0 Å². The predicted octanol–water partition coefficient (Wildman–Crippen LogP) is 1.22. The number of carbonyl (C=O) groups is 2. The molecule has 104 valence electrons. The summed E-state index contributed by atoms with van der Waals surface area (Å²) in [5, 5.41) is 8.84. The molecule has 1 heterocycles. The van der Waals surface area contributed by atoms with Crippen LogP contribution in [-0.4, -0.2) is 59.2 Å². The lowest BCUT2D eigenvalue weighted by Crippen LogP contribution is -2.47. The number of hydrogen-bond acceptors (Lipinski definition) is 4. The quantitative estimate of drug-likeness (QED) is 0.708. The molecule has 0 aromatic heterocycles. The Bertz CT molecular complexity index is 285. The van der Waals surface area contributed by atoms with Crippen LogP contribution < -0.4 is 0 Å². The van der Waals surface area contributed by atoms with Crippen LogP contribution in [-0.2, 0) is 14.3 Å². The molecule has 1 fully saturated rings. The van der Waals surface area contributed by atoms with E-state index >= 15 is 0 Å². The van der Waals surface area contributed by atoms with Gasteiger partial charge in [0, 0.05) is 24.7 Å². The topological polar surface area (TPSA) is 66.8 Å². The molecule has 0 aromatic rings. The van der Waals surface area contributed by atoms with Gasteiger partial charge in [-0.15, -0.1) is 0 Å². The van der Waals surface area contributed by atoms with Gasteiger partial charge in [0.05, 0.1) is 25.5 Å². The van der Waals surface area contributed by atoms with E-state index in [2.05, 4.69) is 0 Å². The zero-order chi connectivity index (χ0) is 13.4. The first-order valence-electron chi connectivity index (χ1n) is 6.32. The summed E-state index contributed by atoms with van der Waals surface area (Å²) in [4.78, 5) is 24.5. The molecule has 1 unspecified atom stereocenters. The van der Waals surface area contributed by atoms with Crippen molar-refractivity contribution in [3.63, 3.8) is 0 Å². The van der Waals surface area contributed by atoms with Gasteiger partial charge in [-0.1, -0.05) is 6.92 Å². The highest BCUT2D eigenvalue weighted by molar-refractivity contribution is 7.99. The molecule has 1 N–H and O–H groups in total. The van der Waals surface area contributed by atoms with Gasteiger partial charge in [0.15, 0.2) is 0 Å². The van der Waals surface area contributed by atoms with Crippen LogP contribution in [0.1, 0.15) is 26.2 Å². The van der Waals surface area contributed by atoms with Gasteiger partial charge in [-0.05, 0) is 6.42 Å². The van der Waals surface area contributed by atoms with Crippen LogP contribution in [0, 0.1) is 0 Å². The molecule has 0 aromatic carbocycles. The van der Waals surface area contributed by atoms with Crippen molar-refractivity contribution < 1.29 is 19.4 Å². The van der Waals surface area contributed by atoms with E-state index in [0.717, 1.165) is 12.2 Å². The molecule has 1 aliphatic heterocycles. The first-order chi connectivity index (χ1) is 8.65. The second-order valence-corrected chi connectivity index (χ2v) is 5.43. The van der Waals surface area contributed by atoms with Crippen molar-refractivity contribution in [3.8, 4) is 0 Å². The highest BCUT2D eigenvalue weighted by Crippen LogP contribution is 2.19. The normalized spacial score (nSPS) is 19.8. The maximum atomic E-state index is 12.0. The zero-order valence-electron chi connectivity index (χ0n) is 10.8. The Hall–Kier alpha value is -0.750. The van der Waals surface area contributed by atoms with E-state index in [0.29, 0.717) is 31.9 Å². The first kappa shape index (κ1) is 15.3. The molecule has 1 aliphatic rings. The van der Waals surface area contributed by atoms with Crippen molar-refractivity contribution >= 4 is 23.6 Å². The Kier molecular flexibility index (Phi) is 7.12. The van der Waals surface area contributed by atoms with Gasteiger partial charge in [-0.25, -0.2) is 0 Å². The van der Waals surface area contributed by atoms with Crippen molar-refractivity contribution in [1.29, 1.82) is 0 Å². The Morgan fingerprint density at radius 3 is 2.89 bits per heavy atom. The molecule has 18 heavy (non-hydrogen) atoms. The monoisotopic (exact) mass is 275 g/mol. The summed E-state index contributed by atoms with van der Waals surface area (Å²) in [6.07, 6.45) is 1.32. The van der Waals surface area contributed by atoms with E-state index in [1.165, 1.54) is 0 Å². The Morgan fingerprint density at radius 2 is 2.22 bits per heavy atom. The second kappa shape index (κ2) is 8.37. The van der Waals surface area contributed by atoms with Crippen LogP contribution in [0.2, 0.25) is 0 Å². The van der Waals surface area contributed by atoms with Crippen LogP contribution in [0.15, 0.2) is 0 Å². The largest absolute Gasteiger partial charge is 0.481 e. The summed E-state index contributed by atoms with van der Waals surface area (Å²) in [6, 6.07) is -0.167. The second-order valence-electron chi connectivity index (χ2n) is 4.28. The number of nitrogens with zero attached hydrogens (tertiary/aromatic N) is 1. The molecule has 0 spiro atoms. The number of carboxylic acid groups (broad SMARTS) is 1. The van der Waals surface area contributed by atoms with E-state index in [4.69, 9.17) is 9.84 Å². The van der Waals surface area contributed by atoms with Gasteiger partial charge in [0.2, 0.25) is 5.91 Å². The summed E-state index contributed by atoms with van der Waals surface area (Å²) in [6.45, 7) is 3.76. The van der Waals surface area contributed by atoms with Crippen molar-refractivity contribution in [2.75, 3.05) is 31.3 Å². The maximum Gasteiger partial charge on any atom is 0.305 e. The maximum absolute atomic E-state index is 12.0. The third kappa shape index (κ3) is 5.27. The summed E-state index contributed by atoms with van der Waals surface area (Å²) in [5.74, 6) is 0.770. The molecule has 0 saturated carbocycles. The number of ether oxygens (including phenoxy) is 1. The molecule has 1 saturated heterocycles. The van der Waals surface area contributed by atoms with E-state index in [1.54, 1.807) is 16.7 Å². The fourth-order valence-corrected chi connectivity index (χ4v) is 2.97. The van der Waals surface area contributed by atoms with Crippen molar-refractivity contribution in [3.05, 3.63) is 0 Å². The highest BCUT2D eigenvalue weighted by atomic mass is 32.2. The third-order valence-corrected chi connectivity index (χ3v) is 3.86. The van der Waals surface area contributed by atoms with E-state index in [-0.39, 0.29) is 18.4 Å². The van der Waals surface area contributed by atoms with Gasteiger partial charge in [0.1, 0.15) is 0 Å². The molecule has 1 amide bonds. The number of amides is 1. The number of aliphatic carboxylic acids is 1. The fourth-order valence-electron chi connectivity index (χ4n) is 1.90. The molecule has 6 heteroatoms. The fraction of sp³-hybridized carbons (Fsp3) is 0.833. The average molecular weight is 275 g/mol. The summed E-state index contributed by atoms with van der Waals surface area (Å²) in [7, 11) is 0. The Balaban J connectivity index is 2.39. The molecule has 0 bridgehead atoms. The minimum Gasteiger partial charge on any atom is -0.481 e. The van der Waals surface area contributed by atoms with Gasteiger partial charge in [0.25, 0.3) is 0 Å². The molecule has 1 atom stereocenters. The van der Waals surface area contributed by atoms with E-state index < -0.39 is 5.97 Å². The van der Waals surface area contributed by atoms with Crippen LogP contribution in [0.4, 0.5) is 0 Å². The minimum absolute atomic E-state index is 0.0117. The van der Waals surface area contributed by atoms with E-state index in [9.17, 15) is 9.59 Å². The molecule has 1 rings (SSSR count). The summed E-state index contributed by atoms with van der Waals surface area (Å²) < 4.78 is 5.29. The summed E-state index contributed by atoms with van der Waals surface area (Å²) in [5.41, 5.74) is 0. The third-order valence-electron chi connectivity index (χ3n) is 2.77. The number of hydrogen-bond donors (Lipinski definition) is 1. The van der Waals surface area contributed by atoms with Gasteiger partial charge in [-0.3, -0.25) is 9.59 Å². The molecular weight excluding hydrogens is 254 g/mol. The lowest BCUT2D eigenvalue weighted by atomic mass is 10.2. The molecule has 0 aliphatic carbocycles. The highest BCUT2D eigenvalue weighted by Gasteiger charge is 2.28. The van der Waals surface area contributed by atoms with Gasteiger partial charge < -0.3 is 14.7 Å². The predicted molar refractivity (Wildman–Crippen MR) is 70.8 cm³/mol. The first-order valence-corrected chi connectivity index (χ1v) is 7.47. The van der Waals surface area contributed by atoms with Crippen LogP contribution in [0.5, 0.6) is 0 Å². The zero-order valence-corrected chi connectivity index (χ0v) is 11.6. The smallest absolute Gasteiger partial charge is 0.305 e. The standard InChI is InChI=1S/C12H21NO4S/c1-2-5-17-6-3-11(14)13-4-7-18-9-10(13)8-12(15)16/h10H,2-9H2,1H3,(H,15,16). The number of carbonyl (C=O) groups excluding carboxylic acids is 1. The lowest BCUT2D eigenvalue weighted by Gasteiger charge is -2.34. The summed E-state index contributed by atoms with van der Waals surface area (Å²) >= 11 is 1.71. The van der Waals surface area contributed by atoms with Crippen molar-refractivity contribution in [2.45, 2.75) is 32.2 Å². The number of thioether (sulfide) groups is 1. The minimum atomic E-state index is -0.845. The Labute approximate surface area is 112 Å². The lowest BCUT2D eigenvalue weighted by molar-refractivity contribution is -0.140. The van der Waals surface area contributed by atoms with Crippen LogP contribution in [0.25, 0.3) is 0 Å². The number of rotatable bonds is 7. The average Bonchev–Trinajstić information content (AvgIpc) is 2.34. The molecule has 0 radical (unpaired) electrons. The molecule has 5 nitrogen and oxygen atoms in total. The number of carboxylic acids is 1. The van der Waals surface area contributed by atoms with Gasteiger partial charge in [-0.2, -0.15) is 11.8 Å². The molecular formula is C12H21NO4S. The van der Waals surface area contributed by atoms with Crippen LogP contribution >= 0.6 is 11.8 Å². The Morgan fingerprint density at radius 1 is 1.44 bits per heavy atom. The van der Waals surface area contributed by atoms with Crippen molar-refractivity contribution in [1.82, 2.24) is 4.90 Å². The SMILES string of the molecule is CCCOCCC(=O)N1CCSCC1CC(=O)O. The van der Waals surface area contributed by atoms with Gasteiger partial charge >= 0.3 is 5.97 Å². The van der Waals surface area contributed by atoms with E-state index in [1.807, 2.05) is 6.92 Å². The van der Waals surface area contributed by atoms with Crippen LogP contribution in [0.3, 0.4) is 0 Å².